The second kappa shape index (κ2) is 2.98. The van der Waals surface area contributed by atoms with E-state index in [1.54, 1.807) is 0 Å². The fourth-order valence-corrected chi connectivity index (χ4v) is 0.658. The molecule has 1 aromatic rings. The van der Waals surface area contributed by atoms with Gasteiger partial charge >= 0.3 is 5.82 Å². The zero-order chi connectivity index (χ0) is 8.43. The van der Waals surface area contributed by atoms with Gasteiger partial charge in [0.05, 0.1) is 0 Å². The Labute approximate surface area is 71.1 Å². The van der Waals surface area contributed by atoms with Crippen molar-refractivity contribution in [1.29, 1.82) is 0 Å². The molecule has 11 heavy (non-hydrogen) atoms. The molecule has 0 radical (unpaired) electrons. The van der Waals surface area contributed by atoms with Crippen LogP contribution in [0.25, 0.3) is 0 Å². The number of nitrogens with zero attached hydrogens (tertiary/aromatic N) is 3. The summed E-state index contributed by atoms with van der Waals surface area (Å²) >= 11 is 10.7. The molecule has 58 valence electrons. The highest BCUT2D eigenvalue weighted by Crippen LogP contribution is 2.18. The summed E-state index contributed by atoms with van der Waals surface area (Å²) in [6.07, 6.45) is 0.939. The summed E-state index contributed by atoms with van der Waals surface area (Å²) in [5, 5.41) is 9.86. The molecule has 0 spiro atoms. The zero-order valence-electron chi connectivity index (χ0n) is 4.99. The Morgan fingerprint density at radius 1 is 1.45 bits per heavy atom. The van der Waals surface area contributed by atoms with Crippen LogP contribution in [0.1, 0.15) is 0 Å². The summed E-state index contributed by atoms with van der Waals surface area (Å²) in [5.41, 5.74) is 0. The minimum absolute atomic E-state index is 0.0442. The quantitative estimate of drug-likeness (QED) is 0.503. The fraction of sp³-hybridized carbons (Fsp3) is 0. The van der Waals surface area contributed by atoms with Gasteiger partial charge in [0.1, 0.15) is 6.20 Å². The van der Waals surface area contributed by atoms with Crippen molar-refractivity contribution in [1.82, 2.24) is 9.97 Å². The summed E-state index contributed by atoms with van der Waals surface area (Å²) in [4.78, 5) is 16.1. The van der Waals surface area contributed by atoms with Gasteiger partial charge < -0.3 is 10.1 Å². The molecule has 0 aliphatic rings. The van der Waals surface area contributed by atoms with E-state index in [9.17, 15) is 10.1 Å². The van der Waals surface area contributed by atoms with E-state index < -0.39 is 10.7 Å². The van der Waals surface area contributed by atoms with Crippen LogP contribution in [0.5, 0.6) is 0 Å². The number of aromatic nitrogens is 2. The van der Waals surface area contributed by atoms with Crippen LogP contribution in [0, 0.1) is 10.1 Å². The molecule has 0 saturated carbocycles. The fourth-order valence-electron chi connectivity index (χ4n) is 0.431. The van der Waals surface area contributed by atoms with Gasteiger partial charge in [0.2, 0.25) is 0 Å². The van der Waals surface area contributed by atoms with E-state index in [0.29, 0.717) is 0 Å². The second-order valence-corrected chi connectivity index (χ2v) is 2.28. The lowest BCUT2D eigenvalue weighted by Crippen LogP contribution is -1.93. The molecule has 0 saturated heterocycles. The molecule has 0 unspecified atom stereocenters. The third-order valence-corrected chi connectivity index (χ3v) is 1.50. The molecule has 0 aliphatic carbocycles. The second-order valence-electron chi connectivity index (χ2n) is 1.57. The molecule has 0 aliphatic heterocycles. The first-order valence-electron chi connectivity index (χ1n) is 2.43. The third kappa shape index (κ3) is 1.75. The molecule has 0 N–H and O–H groups in total. The Morgan fingerprint density at radius 2 is 2.09 bits per heavy atom. The van der Waals surface area contributed by atoms with Crippen molar-refractivity contribution < 1.29 is 4.92 Å². The lowest BCUT2D eigenvalue weighted by molar-refractivity contribution is -0.389. The first-order chi connectivity index (χ1) is 5.11. The van der Waals surface area contributed by atoms with Gasteiger partial charge in [0, 0.05) is 0 Å². The minimum atomic E-state index is -0.699. The highest BCUT2D eigenvalue weighted by atomic mass is 35.5. The van der Waals surface area contributed by atoms with Gasteiger partial charge in [0.25, 0.3) is 5.15 Å². The lowest BCUT2D eigenvalue weighted by Gasteiger charge is -1.90. The molecule has 0 fully saturated rings. The molecular weight excluding hydrogens is 193 g/mol. The highest BCUT2D eigenvalue weighted by Gasteiger charge is 2.12. The van der Waals surface area contributed by atoms with Crippen LogP contribution in [0.2, 0.25) is 10.3 Å². The maximum absolute atomic E-state index is 10.1. The normalized spacial score (nSPS) is 9.64. The molecule has 5 nitrogen and oxygen atoms in total. The smallest absolute Gasteiger partial charge is 0.358 e. The average Bonchev–Trinajstić information content (AvgIpc) is 1.94. The van der Waals surface area contributed by atoms with Crippen molar-refractivity contribution in [3.63, 3.8) is 0 Å². The van der Waals surface area contributed by atoms with Crippen molar-refractivity contribution in [2.24, 2.45) is 0 Å². The number of nitro groups is 1. The van der Waals surface area contributed by atoms with E-state index in [4.69, 9.17) is 23.2 Å². The Hall–Kier alpha value is -0.940. The number of hydrogen-bond donors (Lipinski definition) is 0. The van der Waals surface area contributed by atoms with Gasteiger partial charge in [-0.25, -0.2) is 4.98 Å². The Bertz CT molecular complexity index is 303. The predicted molar refractivity (Wildman–Crippen MR) is 38.7 cm³/mol. The monoisotopic (exact) mass is 193 g/mol. The van der Waals surface area contributed by atoms with E-state index in [1.807, 2.05) is 0 Å². The summed E-state index contributed by atoms with van der Waals surface area (Å²) < 4.78 is 0. The molecule has 7 heteroatoms. The molecule has 1 aromatic heterocycles. The summed E-state index contributed by atoms with van der Waals surface area (Å²) in [6, 6.07) is 0. The number of hydrogen-bond acceptors (Lipinski definition) is 4. The molecule has 0 atom stereocenters. The SMILES string of the molecule is O=[N+]([O-])c1cnc(Cl)c(Cl)n1. The van der Waals surface area contributed by atoms with Crippen LogP contribution < -0.4 is 0 Å². The highest BCUT2D eigenvalue weighted by molar-refractivity contribution is 6.40. The molecule has 1 heterocycles. The van der Waals surface area contributed by atoms with Crippen molar-refractivity contribution in [3.8, 4) is 0 Å². The standard InChI is InChI=1S/C4HCl2N3O2/c5-3-4(6)8-2(1-7-3)9(10)11/h1H. The number of halogens is 2. The zero-order valence-corrected chi connectivity index (χ0v) is 6.50. The van der Waals surface area contributed by atoms with Crippen LogP contribution in [0.4, 0.5) is 5.82 Å². The van der Waals surface area contributed by atoms with Crippen molar-refractivity contribution >= 4 is 29.0 Å². The Kier molecular flexibility index (Phi) is 2.21. The maximum atomic E-state index is 10.1. The van der Waals surface area contributed by atoms with Gasteiger partial charge in [-0.1, -0.05) is 11.6 Å². The van der Waals surface area contributed by atoms with E-state index in [1.165, 1.54) is 0 Å². The topological polar surface area (TPSA) is 68.9 Å². The lowest BCUT2D eigenvalue weighted by atomic mass is 10.7. The van der Waals surface area contributed by atoms with E-state index in [-0.39, 0.29) is 10.3 Å². The van der Waals surface area contributed by atoms with Gasteiger partial charge in [-0.2, -0.15) is 0 Å². The summed E-state index contributed by atoms with van der Waals surface area (Å²) in [6.45, 7) is 0. The van der Waals surface area contributed by atoms with Crippen LogP contribution in [-0.4, -0.2) is 14.9 Å². The molecular formula is C4HCl2N3O2. The maximum Gasteiger partial charge on any atom is 0.383 e. The summed E-state index contributed by atoms with van der Waals surface area (Å²) in [5.74, 6) is -0.417. The van der Waals surface area contributed by atoms with Crippen LogP contribution in [-0.2, 0) is 0 Å². The Morgan fingerprint density at radius 3 is 2.55 bits per heavy atom. The van der Waals surface area contributed by atoms with Gasteiger partial charge in [-0.3, -0.25) is 0 Å². The molecule has 0 aromatic carbocycles. The molecule has 0 bridgehead atoms. The summed E-state index contributed by atoms with van der Waals surface area (Å²) in [7, 11) is 0. The van der Waals surface area contributed by atoms with Crippen LogP contribution >= 0.6 is 23.2 Å². The third-order valence-electron chi connectivity index (χ3n) is 0.863. The van der Waals surface area contributed by atoms with Gasteiger partial charge in [0.15, 0.2) is 5.15 Å². The van der Waals surface area contributed by atoms with E-state index in [2.05, 4.69) is 9.97 Å². The van der Waals surface area contributed by atoms with E-state index >= 15 is 0 Å². The van der Waals surface area contributed by atoms with Crippen molar-refractivity contribution in [2.45, 2.75) is 0 Å². The Balaban J connectivity index is 3.15. The molecule has 0 amide bonds. The van der Waals surface area contributed by atoms with Gasteiger partial charge in [-0.05, 0) is 21.5 Å². The van der Waals surface area contributed by atoms with Crippen LogP contribution in [0.3, 0.4) is 0 Å². The number of rotatable bonds is 1. The van der Waals surface area contributed by atoms with E-state index in [0.717, 1.165) is 6.20 Å². The first kappa shape index (κ1) is 8.16. The predicted octanol–water partition coefficient (Wildman–Crippen LogP) is 1.69. The average molecular weight is 194 g/mol. The largest absolute Gasteiger partial charge is 0.383 e. The van der Waals surface area contributed by atoms with Crippen molar-refractivity contribution in [3.05, 3.63) is 26.6 Å². The molecule has 1 rings (SSSR count). The minimum Gasteiger partial charge on any atom is -0.358 e. The first-order valence-corrected chi connectivity index (χ1v) is 3.19. The van der Waals surface area contributed by atoms with Crippen LogP contribution in [0.15, 0.2) is 6.20 Å². The van der Waals surface area contributed by atoms with Crippen molar-refractivity contribution in [2.75, 3.05) is 0 Å². The van der Waals surface area contributed by atoms with Gasteiger partial charge in [-0.15, -0.1) is 0 Å².